The minimum Gasteiger partial charge on any atom is -0.393 e. The lowest BCUT2D eigenvalue weighted by molar-refractivity contribution is -0.192. The smallest absolute Gasteiger partial charge is 0.313 e. The van der Waals surface area contributed by atoms with Crippen LogP contribution in [0.4, 0.5) is 8.78 Å². The fraction of sp³-hybridized carbons (Fsp3) is 0.773. The molecule has 0 saturated heterocycles. The van der Waals surface area contributed by atoms with Gasteiger partial charge in [-0.2, -0.15) is 8.78 Å². The molecule has 3 fully saturated rings. The second-order valence-corrected chi connectivity index (χ2v) is 10.0. The van der Waals surface area contributed by atoms with Crippen LogP contribution < -0.4 is 0 Å². The summed E-state index contributed by atoms with van der Waals surface area (Å²) in [6.07, 6.45) is 0.304. The van der Waals surface area contributed by atoms with E-state index in [0.29, 0.717) is 24.8 Å². The Labute approximate surface area is 169 Å². The van der Waals surface area contributed by atoms with Crippen molar-refractivity contribution in [2.24, 2.45) is 34.5 Å². The summed E-state index contributed by atoms with van der Waals surface area (Å²) in [4.78, 5) is 24.4. The lowest BCUT2D eigenvalue weighted by Crippen LogP contribution is -2.63. The number of carbonyl (C=O) groups is 2. The van der Waals surface area contributed by atoms with Gasteiger partial charge in [-0.1, -0.05) is 19.4 Å². The number of aliphatic hydroxyl groups excluding tert-OH is 2. The van der Waals surface area contributed by atoms with Crippen LogP contribution in [-0.2, 0) is 9.59 Å². The Kier molecular flexibility index (Phi) is 4.84. The highest BCUT2D eigenvalue weighted by atomic mass is 19.3. The third-order valence-corrected chi connectivity index (χ3v) is 8.99. The molecule has 0 aromatic heterocycles. The predicted octanol–water partition coefficient (Wildman–Crippen LogP) is 2.44. The van der Waals surface area contributed by atoms with E-state index >= 15 is 0 Å². The molecule has 4 aliphatic rings. The van der Waals surface area contributed by atoms with Crippen molar-refractivity contribution in [1.82, 2.24) is 0 Å². The number of hydrogen-bond donors (Lipinski definition) is 3. The number of hydrogen-bond acceptors (Lipinski definition) is 5. The van der Waals surface area contributed by atoms with Gasteiger partial charge in [0.25, 0.3) is 0 Å². The molecule has 0 amide bonds. The molecule has 3 N–H and O–H groups in total. The standard InChI is InChI=1S/C22H29F2O5/c1-20-5-3-12(26)7-11(20)8-13(19(23)24)17-14-4-6-22(29,16(28)10-25)21(14,2)9-15(27)18(17)20/h7,13-15,17-18,25,27,29H,3-6,8-10H2,1-2H3/t13-,14+,15+,17+,18+,20+,21+,22+/m1/s1. The zero-order chi connectivity index (χ0) is 21.4. The van der Waals surface area contributed by atoms with Crippen molar-refractivity contribution in [3.05, 3.63) is 18.1 Å². The molecular weight excluding hydrogens is 382 g/mol. The quantitative estimate of drug-likeness (QED) is 0.663. The summed E-state index contributed by atoms with van der Waals surface area (Å²) in [6, 6.07) is 0. The van der Waals surface area contributed by atoms with Gasteiger partial charge in [0, 0.05) is 17.8 Å². The number of rotatable bonds is 3. The third kappa shape index (κ3) is 2.66. The number of aliphatic hydroxyl groups is 3. The van der Waals surface area contributed by atoms with E-state index in [1.807, 2.05) is 6.92 Å². The van der Waals surface area contributed by atoms with E-state index in [9.17, 15) is 33.7 Å². The van der Waals surface area contributed by atoms with Gasteiger partial charge < -0.3 is 15.3 Å². The number of carbonyl (C=O) groups excluding carboxylic acids is 2. The molecule has 29 heavy (non-hydrogen) atoms. The second kappa shape index (κ2) is 6.66. The summed E-state index contributed by atoms with van der Waals surface area (Å²) in [5.41, 5.74) is -2.76. The normalized spacial score (nSPS) is 49.3. The molecule has 7 heteroatoms. The Morgan fingerprint density at radius 1 is 1.28 bits per heavy atom. The van der Waals surface area contributed by atoms with Crippen molar-refractivity contribution in [3.8, 4) is 0 Å². The van der Waals surface area contributed by atoms with Crippen LogP contribution in [0.25, 0.3) is 0 Å². The summed E-state index contributed by atoms with van der Waals surface area (Å²) in [5.74, 6) is -3.32. The Hall–Kier alpha value is -1.18. The van der Waals surface area contributed by atoms with Gasteiger partial charge in [-0.25, -0.2) is 0 Å². The van der Waals surface area contributed by atoms with E-state index < -0.39 is 59.1 Å². The highest BCUT2D eigenvalue weighted by Gasteiger charge is 2.70. The number of halogens is 2. The van der Waals surface area contributed by atoms with Gasteiger partial charge in [-0.05, 0) is 61.3 Å². The SMILES string of the molecule is C[C@]12CCC(=O)C=C1C[C@@H]([C](F)F)[C@@H]1[C@@H]2[C@@H](O)C[C@@]2(C)[C@H]1CC[C@]2(O)C(=O)CO. The highest BCUT2D eigenvalue weighted by Crippen LogP contribution is 2.69. The van der Waals surface area contributed by atoms with Gasteiger partial charge in [-0.15, -0.1) is 0 Å². The molecule has 4 rings (SSSR count). The molecule has 0 aliphatic heterocycles. The molecular formula is C22H29F2O5. The minimum absolute atomic E-state index is 0.0622. The van der Waals surface area contributed by atoms with E-state index in [-0.39, 0.29) is 31.0 Å². The number of allylic oxidation sites excluding steroid dienone is 1. The summed E-state index contributed by atoms with van der Waals surface area (Å²) < 4.78 is 28.3. The molecule has 5 nitrogen and oxygen atoms in total. The predicted molar refractivity (Wildman–Crippen MR) is 99.5 cm³/mol. The van der Waals surface area contributed by atoms with Crippen LogP contribution in [-0.4, -0.2) is 45.2 Å². The lowest BCUT2D eigenvalue weighted by atomic mass is 9.43. The largest absolute Gasteiger partial charge is 0.393 e. The Morgan fingerprint density at radius 3 is 2.59 bits per heavy atom. The first-order valence-corrected chi connectivity index (χ1v) is 10.5. The Morgan fingerprint density at radius 2 is 1.97 bits per heavy atom. The van der Waals surface area contributed by atoms with E-state index in [1.165, 1.54) is 6.08 Å². The molecule has 3 saturated carbocycles. The van der Waals surface area contributed by atoms with Gasteiger partial charge >= 0.3 is 6.43 Å². The van der Waals surface area contributed by atoms with Crippen molar-refractivity contribution in [3.63, 3.8) is 0 Å². The van der Waals surface area contributed by atoms with Crippen LogP contribution in [0.2, 0.25) is 0 Å². The fourth-order valence-corrected chi connectivity index (χ4v) is 7.49. The number of fused-ring (bicyclic) bond motifs is 5. The van der Waals surface area contributed by atoms with Gasteiger partial charge in [-0.3, -0.25) is 9.59 Å². The monoisotopic (exact) mass is 411 g/mol. The molecule has 4 aliphatic carbocycles. The average Bonchev–Trinajstić information content (AvgIpc) is 2.92. The van der Waals surface area contributed by atoms with E-state index in [2.05, 4.69) is 0 Å². The summed E-state index contributed by atoms with van der Waals surface area (Å²) in [6.45, 7) is 2.84. The molecule has 1 radical (unpaired) electrons. The summed E-state index contributed by atoms with van der Waals surface area (Å²) >= 11 is 0. The maximum absolute atomic E-state index is 14.2. The molecule has 0 aromatic rings. The van der Waals surface area contributed by atoms with Gasteiger partial charge in [0.15, 0.2) is 11.6 Å². The van der Waals surface area contributed by atoms with Gasteiger partial charge in [0.05, 0.1) is 6.10 Å². The average molecular weight is 411 g/mol. The van der Waals surface area contributed by atoms with Crippen LogP contribution in [0.1, 0.15) is 52.4 Å². The molecule has 0 spiro atoms. The zero-order valence-corrected chi connectivity index (χ0v) is 16.8. The van der Waals surface area contributed by atoms with E-state index in [1.54, 1.807) is 6.92 Å². The summed E-state index contributed by atoms with van der Waals surface area (Å²) in [5, 5.41) is 31.8. The number of ketones is 2. The Balaban J connectivity index is 1.83. The Bertz CT molecular complexity index is 766. The molecule has 0 heterocycles. The number of Topliss-reactive ketones (excluding diaryl/α,β-unsaturated/α-hetero) is 1. The first-order chi connectivity index (χ1) is 13.5. The molecule has 8 atom stereocenters. The van der Waals surface area contributed by atoms with Crippen LogP contribution in [0.3, 0.4) is 0 Å². The van der Waals surface area contributed by atoms with Crippen molar-refractivity contribution in [2.75, 3.05) is 6.61 Å². The maximum Gasteiger partial charge on any atom is 0.313 e. The van der Waals surface area contributed by atoms with Crippen molar-refractivity contribution >= 4 is 11.6 Å². The van der Waals surface area contributed by atoms with Crippen LogP contribution in [0.5, 0.6) is 0 Å². The van der Waals surface area contributed by atoms with E-state index in [4.69, 9.17) is 0 Å². The molecule has 0 aromatic carbocycles. The van der Waals surface area contributed by atoms with Gasteiger partial charge in [0.2, 0.25) is 0 Å². The molecule has 0 bridgehead atoms. The van der Waals surface area contributed by atoms with Crippen molar-refractivity contribution in [1.29, 1.82) is 0 Å². The van der Waals surface area contributed by atoms with Crippen molar-refractivity contribution in [2.45, 2.75) is 64.1 Å². The molecule has 0 unspecified atom stereocenters. The maximum atomic E-state index is 14.2. The second-order valence-electron chi connectivity index (χ2n) is 10.0. The van der Waals surface area contributed by atoms with Crippen LogP contribution in [0.15, 0.2) is 11.6 Å². The third-order valence-electron chi connectivity index (χ3n) is 8.99. The summed E-state index contributed by atoms with van der Waals surface area (Å²) in [7, 11) is 0. The molecule has 161 valence electrons. The van der Waals surface area contributed by atoms with Crippen LogP contribution >= 0.6 is 0 Å². The minimum atomic E-state index is -1.82. The van der Waals surface area contributed by atoms with Crippen LogP contribution in [0, 0.1) is 40.9 Å². The highest BCUT2D eigenvalue weighted by molar-refractivity contribution is 5.92. The van der Waals surface area contributed by atoms with Gasteiger partial charge in [0.1, 0.15) is 12.2 Å². The zero-order valence-electron chi connectivity index (χ0n) is 16.8. The lowest BCUT2D eigenvalue weighted by Gasteiger charge is -2.62. The first-order valence-electron chi connectivity index (χ1n) is 10.5. The van der Waals surface area contributed by atoms with E-state index in [0.717, 1.165) is 0 Å². The van der Waals surface area contributed by atoms with Crippen molar-refractivity contribution < 1.29 is 33.7 Å². The first kappa shape index (κ1) is 21.1. The topological polar surface area (TPSA) is 94.8 Å². The fourth-order valence-electron chi connectivity index (χ4n) is 7.49.